The van der Waals surface area contributed by atoms with Crippen LogP contribution in [0.1, 0.15) is 0 Å². The summed E-state index contributed by atoms with van der Waals surface area (Å²) in [6.07, 6.45) is 0. The molecule has 0 atom stereocenters. The Balaban J connectivity index is 1.97. The van der Waals surface area contributed by atoms with E-state index in [1.165, 1.54) is 0 Å². The largest absolute Gasteiger partial charge is 0.423 e. The lowest BCUT2D eigenvalue weighted by atomic mass is 10.2. The van der Waals surface area contributed by atoms with Crippen LogP contribution < -0.4 is 10.2 Å². The highest BCUT2D eigenvalue weighted by Gasteiger charge is 2.08. The number of hydrogen-bond acceptors (Lipinski definition) is 4. The van der Waals surface area contributed by atoms with Gasteiger partial charge in [-0.25, -0.2) is 0 Å². The van der Waals surface area contributed by atoms with Crippen LogP contribution in [-0.4, -0.2) is 19.1 Å². The average molecular weight is 253 g/mol. The number of fused-ring (bicyclic) bond motifs is 1. The maximum Gasteiger partial charge on any atom is 0.300 e. The number of nitrogens with one attached hydrogen (secondary N) is 1. The van der Waals surface area contributed by atoms with Crippen LogP contribution in [-0.2, 0) is 0 Å². The van der Waals surface area contributed by atoms with Crippen LogP contribution in [0.5, 0.6) is 0 Å². The number of nitrogens with zero attached hydrogens (tertiary/aromatic N) is 2. The van der Waals surface area contributed by atoms with Gasteiger partial charge >= 0.3 is 0 Å². The van der Waals surface area contributed by atoms with E-state index >= 15 is 0 Å². The first-order valence-electron chi connectivity index (χ1n) is 6.13. The van der Waals surface area contributed by atoms with Gasteiger partial charge in [-0.05, 0) is 24.3 Å². The van der Waals surface area contributed by atoms with Crippen LogP contribution in [0.2, 0.25) is 0 Å². The highest BCUT2D eigenvalue weighted by atomic mass is 16.4. The van der Waals surface area contributed by atoms with Gasteiger partial charge in [-0.1, -0.05) is 24.3 Å². The van der Waals surface area contributed by atoms with Gasteiger partial charge in [-0.2, -0.15) is 4.98 Å². The van der Waals surface area contributed by atoms with Gasteiger partial charge in [0.1, 0.15) is 5.52 Å². The van der Waals surface area contributed by atoms with Gasteiger partial charge in [-0.15, -0.1) is 0 Å². The third kappa shape index (κ3) is 2.25. The molecule has 19 heavy (non-hydrogen) atoms. The molecule has 0 fully saturated rings. The van der Waals surface area contributed by atoms with Crippen LogP contribution in [0, 0.1) is 0 Å². The normalized spacial score (nSPS) is 10.6. The predicted molar refractivity (Wildman–Crippen MR) is 78.1 cm³/mol. The molecule has 0 aliphatic rings. The highest BCUT2D eigenvalue weighted by molar-refractivity contribution is 5.77. The van der Waals surface area contributed by atoms with E-state index in [1.807, 2.05) is 67.5 Å². The fourth-order valence-electron chi connectivity index (χ4n) is 2.01. The zero-order valence-corrected chi connectivity index (χ0v) is 10.9. The molecular weight excluding hydrogens is 238 g/mol. The average Bonchev–Trinajstić information content (AvgIpc) is 2.81. The van der Waals surface area contributed by atoms with Crippen molar-refractivity contribution < 1.29 is 4.42 Å². The molecule has 0 bridgehead atoms. The van der Waals surface area contributed by atoms with Crippen LogP contribution in [0.4, 0.5) is 17.4 Å². The molecule has 0 spiro atoms. The van der Waals surface area contributed by atoms with Gasteiger partial charge in [0.05, 0.1) is 11.4 Å². The highest BCUT2D eigenvalue weighted by Crippen LogP contribution is 2.28. The minimum atomic E-state index is 0.510. The molecule has 0 aliphatic heterocycles. The Kier molecular flexibility index (Phi) is 2.83. The molecule has 0 unspecified atom stereocenters. The second-order valence-electron chi connectivity index (χ2n) is 4.52. The number of oxazole rings is 1. The monoisotopic (exact) mass is 253 g/mol. The minimum absolute atomic E-state index is 0.510. The van der Waals surface area contributed by atoms with Crippen molar-refractivity contribution in [2.24, 2.45) is 0 Å². The molecule has 4 nitrogen and oxygen atoms in total. The van der Waals surface area contributed by atoms with Crippen molar-refractivity contribution in [3.63, 3.8) is 0 Å². The fraction of sp³-hybridized carbons (Fsp3) is 0.133. The van der Waals surface area contributed by atoms with Crippen molar-refractivity contribution in [2.75, 3.05) is 24.3 Å². The summed E-state index contributed by atoms with van der Waals surface area (Å²) in [7, 11) is 4.01. The van der Waals surface area contributed by atoms with Crippen molar-refractivity contribution >= 4 is 28.5 Å². The zero-order chi connectivity index (χ0) is 13.2. The molecule has 2 aromatic carbocycles. The van der Waals surface area contributed by atoms with Crippen LogP contribution in [0.25, 0.3) is 11.1 Å². The van der Waals surface area contributed by atoms with E-state index in [4.69, 9.17) is 4.42 Å². The number of hydrogen-bond donors (Lipinski definition) is 1. The summed E-state index contributed by atoms with van der Waals surface area (Å²) in [6, 6.07) is 16.3. The summed E-state index contributed by atoms with van der Waals surface area (Å²) >= 11 is 0. The van der Waals surface area contributed by atoms with Crippen LogP contribution in [0.15, 0.2) is 52.9 Å². The molecule has 96 valence electrons. The quantitative estimate of drug-likeness (QED) is 0.773. The van der Waals surface area contributed by atoms with Gasteiger partial charge in [0.25, 0.3) is 6.01 Å². The Morgan fingerprint density at radius 2 is 1.74 bits per heavy atom. The molecule has 1 N–H and O–H groups in total. The molecular formula is C15H15N3O. The van der Waals surface area contributed by atoms with E-state index in [2.05, 4.69) is 10.3 Å². The summed E-state index contributed by atoms with van der Waals surface area (Å²) in [6.45, 7) is 0. The van der Waals surface area contributed by atoms with Gasteiger partial charge in [0, 0.05) is 14.1 Å². The molecule has 0 saturated heterocycles. The maximum atomic E-state index is 5.67. The fourth-order valence-corrected chi connectivity index (χ4v) is 2.01. The Labute approximate surface area is 111 Å². The van der Waals surface area contributed by atoms with Crippen LogP contribution >= 0.6 is 0 Å². The first kappa shape index (κ1) is 11.6. The lowest BCUT2D eigenvalue weighted by Gasteiger charge is -2.16. The van der Waals surface area contributed by atoms with Gasteiger partial charge < -0.3 is 14.6 Å². The van der Waals surface area contributed by atoms with E-state index in [0.29, 0.717) is 6.01 Å². The van der Waals surface area contributed by atoms with E-state index in [9.17, 15) is 0 Å². The van der Waals surface area contributed by atoms with Crippen molar-refractivity contribution in [2.45, 2.75) is 0 Å². The molecule has 0 amide bonds. The standard InChI is InChI=1S/C15H15N3O/c1-18(2)13-9-5-3-7-11(13)16-15-17-12-8-4-6-10-14(12)19-15/h3-10H,1-2H3,(H,16,17). The van der Waals surface area contributed by atoms with Crippen molar-refractivity contribution in [3.05, 3.63) is 48.5 Å². The Morgan fingerprint density at radius 3 is 2.53 bits per heavy atom. The van der Waals surface area contributed by atoms with E-state index in [-0.39, 0.29) is 0 Å². The van der Waals surface area contributed by atoms with Crippen molar-refractivity contribution in [3.8, 4) is 0 Å². The first-order chi connectivity index (χ1) is 9.24. The summed E-state index contributed by atoms with van der Waals surface area (Å²) in [4.78, 5) is 6.46. The Morgan fingerprint density at radius 1 is 1.00 bits per heavy atom. The smallest absolute Gasteiger partial charge is 0.300 e. The number of benzene rings is 2. The molecule has 0 saturated carbocycles. The summed E-state index contributed by atoms with van der Waals surface area (Å²) in [5.74, 6) is 0. The number of anilines is 3. The Hall–Kier alpha value is -2.49. The third-order valence-electron chi connectivity index (χ3n) is 2.92. The molecule has 3 aromatic rings. The predicted octanol–water partition coefficient (Wildman–Crippen LogP) is 3.64. The Bertz CT molecular complexity index is 670. The van der Waals surface area contributed by atoms with E-state index < -0.39 is 0 Å². The van der Waals surface area contributed by atoms with Gasteiger partial charge in [-0.3, -0.25) is 0 Å². The van der Waals surface area contributed by atoms with E-state index in [1.54, 1.807) is 0 Å². The van der Waals surface area contributed by atoms with Crippen LogP contribution in [0.3, 0.4) is 0 Å². The lowest BCUT2D eigenvalue weighted by molar-refractivity contribution is 0.623. The summed E-state index contributed by atoms with van der Waals surface area (Å²) < 4.78 is 5.67. The van der Waals surface area contributed by atoms with Gasteiger partial charge in [0.15, 0.2) is 5.58 Å². The van der Waals surface area contributed by atoms with Crippen molar-refractivity contribution in [1.29, 1.82) is 0 Å². The first-order valence-corrected chi connectivity index (χ1v) is 6.13. The number of rotatable bonds is 3. The SMILES string of the molecule is CN(C)c1ccccc1Nc1nc2ccccc2o1. The topological polar surface area (TPSA) is 41.3 Å². The molecule has 1 heterocycles. The molecule has 1 aromatic heterocycles. The second-order valence-corrected chi connectivity index (χ2v) is 4.52. The molecule has 0 aliphatic carbocycles. The molecule has 0 radical (unpaired) electrons. The lowest BCUT2D eigenvalue weighted by Crippen LogP contribution is -2.10. The minimum Gasteiger partial charge on any atom is -0.423 e. The zero-order valence-electron chi connectivity index (χ0n) is 10.9. The summed E-state index contributed by atoms with van der Waals surface area (Å²) in [5.41, 5.74) is 3.70. The maximum absolute atomic E-state index is 5.67. The van der Waals surface area contributed by atoms with Crippen molar-refractivity contribution in [1.82, 2.24) is 4.98 Å². The summed E-state index contributed by atoms with van der Waals surface area (Å²) in [5, 5.41) is 3.22. The second kappa shape index (κ2) is 4.65. The number of para-hydroxylation sites is 4. The third-order valence-corrected chi connectivity index (χ3v) is 2.92. The number of aromatic nitrogens is 1. The molecule has 3 rings (SSSR count). The molecule has 4 heteroatoms. The van der Waals surface area contributed by atoms with E-state index in [0.717, 1.165) is 22.5 Å². The van der Waals surface area contributed by atoms with Gasteiger partial charge in [0.2, 0.25) is 0 Å².